The molecule has 5 heterocycles. The first-order chi connectivity index (χ1) is 23.5. The quantitative estimate of drug-likeness (QED) is 0.164. The van der Waals surface area contributed by atoms with Gasteiger partial charge in [-0.05, 0) is 65.9 Å². The molecule has 2 aliphatic heterocycles. The van der Waals surface area contributed by atoms with Gasteiger partial charge in [0.25, 0.3) is 11.8 Å². The lowest BCUT2D eigenvalue weighted by Crippen LogP contribution is -2.33. The highest BCUT2D eigenvalue weighted by molar-refractivity contribution is 8.13. The van der Waals surface area contributed by atoms with E-state index in [9.17, 15) is 29.4 Å². The number of phenolic OH excluding ortho intramolecular Hbond substituents is 2. The molecule has 1 saturated heterocycles. The van der Waals surface area contributed by atoms with Crippen LogP contribution in [0.3, 0.4) is 0 Å². The fraction of sp³-hybridized carbons (Fsp3) is 0.257. The Kier molecular flexibility index (Phi) is 5.99. The van der Waals surface area contributed by atoms with Gasteiger partial charge in [0.1, 0.15) is 11.4 Å². The number of hydrogen-bond acceptors (Lipinski definition) is 9. The molecule has 5 aromatic rings. The molecule has 2 fully saturated rings. The van der Waals surface area contributed by atoms with E-state index in [1.54, 1.807) is 23.1 Å². The number of piperidine rings is 1. The van der Waals surface area contributed by atoms with Crippen LogP contribution in [0.1, 0.15) is 55.9 Å². The number of fused-ring (bicyclic) bond motifs is 5. The second-order valence-corrected chi connectivity index (χ2v) is 14.1. The number of phenols is 2. The number of amides is 2. The lowest BCUT2D eigenvalue weighted by Gasteiger charge is -2.27. The van der Waals surface area contributed by atoms with Crippen molar-refractivity contribution in [1.82, 2.24) is 19.9 Å². The van der Waals surface area contributed by atoms with Crippen LogP contribution in [0.5, 0.6) is 23.0 Å². The van der Waals surface area contributed by atoms with Crippen LogP contribution in [0.15, 0.2) is 47.1 Å². The van der Waals surface area contributed by atoms with Crippen molar-refractivity contribution in [3.05, 3.63) is 70.3 Å². The smallest absolute Gasteiger partial charge is 0.274 e. The highest BCUT2D eigenvalue weighted by Crippen LogP contribution is 2.67. The summed E-state index contributed by atoms with van der Waals surface area (Å²) in [7, 11) is 2.88. The summed E-state index contributed by atoms with van der Waals surface area (Å²) < 4.78 is 10.8. The Bertz CT molecular complexity index is 2400. The lowest BCUT2D eigenvalue weighted by molar-refractivity contribution is -0.109. The predicted molar refractivity (Wildman–Crippen MR) is 179 cm³/mol. The Morgan fingerprint density at radius 1 is 0.980 bits per heavy atom. The topological polar surface area (TPSA) is 181 Å². The molecule has 1 saturated carbocycles. The second kappa shape index (κ2) is 9.95. The van der Waals surface area contributed by atoms with Gasteiger partial charge >= 0.3 is 0 Å². The zero-order valence-electron chi connectivity index (χ0n) is 26.5. The minimum Gasteiger partial charge on any atom is -0.504 e. The molecule has 49 heavy (non-hydrogen) atoms. The molecule has 0 bridgehead atoms. The normalized spacial score (nSPS) is 20.3. The Morgan fingerprint density at radius 2 is 1.76 bits per heavy atom. The largest absolute Gasteiger partial charge is 0.504 e. The molecule has 2 amide bonds. The number of H-pyrrole nitrogens is 3. The number of anilines is 1. The first-order valence-electron chi connectivity index (χ1n) is 15.7. The van der Waals surface area contributed by atoms with Crippen LogP contribution in [0.4, 0.5) is 5.69 Å². The summed E-state index contributed by atoms with van der Waals surface area (Å²) in [6, 6.07) is 8.39. The molecule has 2 aliphatic carbocycles. The number of aromatic nitrogens is 3. The van der Waals surface area contributed by atoms with Crippen LogP contribution >= 0.6 is 11.8 Å². The number of aromatic hydroxyl groups is 2. The van der Waals surface area contributed by atoms with Crippen molar-refractivity contribution in [1.29, 1.82) is 0 Å². The number of nitrogens with zero attached hydrogens (tertiary/aromatic N) is 2. The van der Waals surface area contributed by atoms with Gasteiger partial charge in [0.15, 0.2) is 28.1 Å². The van der Waals surface area contributed by atoms with Crippen molar-refractivity contribution in [3.63, 3.8) is 0 Å². The number of ether oxygens (including phenoxy) is 2. The third-order valence-corrected chi connectivity index (χ3v) is 11.1. The Hall–Kier alpha value is -5.63. The summed E-state index contributed by atoms with van der Waals surface area (Å²) in [5.74, 6) is -0.747. The minimum absolute atomic E-state index is 0.0504. The Morgan fingerprint density at radius 3 is 2.51 bits per heavy atom. The number of hydrogen-bond donors (Lipinski definition) is 5. The number of methoxy groups -OCH3 is 2. The van der Waals surface area contributed by atoms with Crippen LogP contribution in [0, 0.1) is 5.92 Å². The summed E-state index contributed by atoms with van der Waals surface area (Å²) in [6.07, 6.45) is 2.70. The van der Waals surface area contributed by atoms with Gasteiger partial charge in [-0.25, -0.2) is 0 Å². The van der Waals surface area contributed by atoms with Crippen molar-refractivity contribution in [3.8, 4) is 23.0 Å². The minimum atomic E-state index is -0.572. The molecule has 2 aromatic carbocycles. The third-order valence-electron chi connectivity index (χ3n) is 10.3. The molecule has 0 radical (unpaired) electrons. The summed E-state index contributed by atoms with van der Waals surface area (Å²) >= 11 is 1.03. The number of ketones is 1. The van der Waals surface area contributed by atoms with E-state index in [0.717, 1.165) is 29.1 Å². The van der Waals surface area contributed by atoms with Crippen LogP contribution < -0.4 is 14.4 Å². The number of thioether (sulfide) groups is 1. The van der Waals surface area contributed by atoms with Gasteiger partial charge in [0.05, 0.1) is 36.1 Å². The summed E-state index contributed by atoms with van der Waals surface area (Å²) in [6.45, 7) is 2.17. The molecular formula is C35H29N5O8S. The molecular weight excluding hydrogens is 650 g/mol. The number of allylic oxidation sites excluding steroid dienone is 2. The van der Waals surface area contributed by atoms with E-state index < -0.39 is 11.3 Å². The fourth-order valence-corrected chi connectivity index (χ4v) is 8.79. The van der Waals surface area contributed by atoms with Crippen LogP contribution in [-0.4, -0.2) is 80.1 Å². The molecule has 3 aromatic heterocycles. The monoisotopic (exact) mass is 679 g/mol. The van der Waals surface area contributed by atoms with E-state index in [2.05, 4.69) is 15.0 Å². The lowest BCUT2D eigenvalue weighted by atomic mass is 9.85. The van der Waals surface area contributed by atoms with Crippen molar-refractivity contribution in [2.24, 2.45) is 5.92 Å². The van der Waals surface area contributed by atoms with Crippen LogP contribution in [-0.2, 0) is 16.6 Å². The standard InChI is InChI=1S/C35H29N5O8S/c1-14(41)49-27-8-18-17-4-5-39(30(17)31(44)32(48-3)28(18)38-27)33(45)22-9-19-29(37-22)24(43)11-26-35(19)12-16(35)13-40(26)34(46)21-6-15-7-25(47-2)23(42)10-20(15)36-21/h6-11,16,36-38,42,44H,4-5,12-13H2,1-3H3/t16-,35-/m0/s1. The van der Waals surface area contributed by atoms with E-state index >= 15 is 0 Å². The zero-order valence-corrected chi connectivity index (χ0v) is 27.3. The van der Waals surface area contributed by atoms with Crippen molar-refractivity contribution >= 4 is 62.0 Å². The molecule has 13 nitrogen and oxygen atoms in total. The first-order valence-corrected chi connectivity index (χ1v) is 16.5. The number of aromatic amines is 3. The van der Waals surface area contributed by atoms with Gasteiger partial charge in [-0.15, -0.1) is 0 Å². The molecule has 14 heteroatoms. The van der Waals surface area contributed by atoms with Crippen LogP contribution in [0.2, 0.25) is 0 Å². The first kappa shape index (κ1) is 29.5. The molecule has 5 N–H and O–H groups in total. The summed E-state index contributed by atoms with van der Waals surface area (Å²) in [5.41, 5.74) is 3.77. The third kappa shape index (κ3) is 3.94. The molecule has 4 aliphatic rings. The Labute approximate surface area is 281 Å². The average Bonchev–Trinajstić information content (AvgIpc) is 3.69. The van der Waals surface area contributed by atoms with Crippen LogP contribution in [0.25, 0.3) is 21.8 Å². The number of rotatable bonds is 5. The second-order valence-electron chi connectivity index (χ2n) is 12.9. The summed E-state index contributed by atoms with van der Waals surface area (Å²) in [5, 5.41) is 23.5. The maximum absolute atomic E-state index is 14.2. The summed E-state index contributed by atoms with van der Waals surface area (Å²) in [4.78, 5) is 65.8. The molecule has 1 spiro atoms. The molecule has 9 rings (SSSR count). The maximum atomic E-state index is 14.2. The highest BCUT2D eigenvalue weighted by Gasteiger charge is 2.68. The van der Waals surface area contributed by atoms with E-state index in [4.69, 9.17) is 9.47 Å². The van der Waals surface area contributed by atoms with Gasteiger partial charge in [0.2, 0.25) is 5.78 Å². The van der Waals surface area contributed by atoms with Gasteiger partial charge in [-0.1, -0.05) is 0 Å². The highest BCUT2D eigenvalue weighted by atomic mass is 32.2. The number of carbonyl (C=O) groups excluding carboxylic acids is 4. The number of benzene rings is 2. The predicted octanol–water partition coefficient (Wildman–Crippen LogP) is 4.74. The molecule has 248 valence electrons. The van der Waals surface area contributed by atoms with Crippen molar-refractivity contribution < 1.29 is 38.9 Å². The maximum Gasteiger partial charge on any atom is 0.274 e. The van der Waals surface area contributed by atoms with Gasteiger partial charge in [-0.2, -0.15) is 0 Å². The average molecular weight is 680 g/mol. The zero-order chi connectivity index (χ0) is 34.1. The van der Waals surface area contributed by atoms with E-state index in [-0.39, 0.29) is 52.2 Å². The van der Waals surface area contributed by atoms with Gasteiger partial charge < -0.3 is 44.4 Å². The van der Waals surface area contributed by atoms with E-state index in [1.807, 2.05) is 6.07 Å². The van der Waals surface area contributed by atoms with E-state index in [0.29, 0.717) is 68.5 Å². The molecule has 0 unspecified atom stereocenters. The molecule has 2 atom stereocenters. The fourth-order valence-electron chi connectivity index (χ4n) is 8.15. The SMILES string of the molecule is COc1cc2cc(C(=O)N3C[C@@H]4C[C@]45C3=CC(=O)c3[nH]c(C(=O)N4CCc6c4c(O)c(OC)c4[nH]c(SC(C)=O)cc64)cc35)[nH]c2cc1O. The van der Waals surface area contributed by atoms with E-state index in [1.165, 1.54) is 38.2 Å². The van der Waals surface area contributed by atoms with Gasteiger partial charge in [-0.3, -0.25) is 19.2 Å². The van der Waals surface area contributed by atoms with Gasteiger partial charge in [0, 0.05) is 59.6 Å². The number of carbonyl (C=O) groups is 4. The number of nitrogens with one attached hydrogen (secondary N) is 3. The Balaban J connectivity index is 1.04. The van der Waals surface area contributed by atoms with Crippen molar-refractivity contribution in [2.75, 3.05) is 32.2 Å². The number of likely N-dealkylation sites (tertiary alicyclic amines) is 1. The van der Waals surface area contributed by atoms with Crippen molar-refractivity contribution in [2.45, 2.75) is 30.2 Å².